The molecular formula is C23H25N7O. The van der Waals surface area contributed by atoms with Gasteiger partial charge >= 0.3 is 0 Å². The fourth-order valence-electron chi connectivity index (χ4n) is 4.47. The highest BCUT2D eigenvalue weighted by atomic mass is 16.2. The number of likely N-dealkylation sites (tertiary alicyclic amines) is 1. The first-order chi connectivity index (χ1) is 15.1. The summed E-state index contributed by atoms with van der Waals surface area (Å²) in [4.78, 5) is 23.3. The van der Waals surface area contributed by atoms with E-state index in [1.54, 1.807) is 30.7 Å². The number of aromatic nitrogens is 5. The monoisotopic (exact) mass is 415 g/mol. The minimum absolute atomic E-state index is 0.0156. The van der Waals surface area contributed by atoms with Crippen LogP contribution in [0, 0.1) is 0 Å². The van der Waals surface area contributed by atoms with Crippen molar-refractivity contribution < 1.29 is 4.79 Å². The van der Waals surface area contributed by atoms with E-state index in [1.165, 1.54) is 11.1 Å². The maximum absolute atomic E-state index is 12.6. The van der Waals surface area contributed by atoms with E-state index in [1.807, 2.05) is 4.90 Å². The Kier molecular flexibility index (Phi) is 4.97. The SMILES string of the molecule is CC1(c2c[nH]nn2)CCN(C(=O)/C=C/c2cnc(NC3Cc4ccccc4C3)nc2)C1. The lowest BCUT2D eigenvalue weighted by molar-refractivity contribution is -0.125. The lowest BCUT2D eigenvalue weighted by Crippen LogP contribution is -2.32. The third kappa shape index (κ3) is 4.05. The number of rotatable bonds is 5. The standard InChI is InChI=1S/C23H25N7O/c1-23(20-14-26-29-28-20)8-9-30(15-23)21(31)7-6-16-12-24-22(25-13-16)27-19-10-17-4-2-3-5-18(17)11-19/h2-7,12-14,19H,8-11,15H2,1H3,(H,24,25,27)(H,26,28,29)/b7-6+. The van der Waals surface area contributed by atoms with Crippen molar-refractivity contribution >= 4 is 17.9 Å². The molecule has 1 aromatic carbocycles. The van der Waals surface area contributed by atoms with Crippen LogP contribution in [-0.4, -0.2) is 55.3 Å². The number of hydrogen-bond donors (Lipinski definition) is 2. The summed E-state index contributed by atoms with van der Waals surface area (Å²) in [6, 6.07) is 8.83. The number of H-pyrrole nitrogens is 1. The number of amides is 1. The fraction of sp³-hybridized carbons (Fsp3) is 0.348. The number of aromatic amines is 1. The van der Waals surface area contributed by atoms with Crippen LogP contribution in [0.3, 0.4) is 0 Å². The van der Waals surface area contributed by atoms with Crippen LogP contribution in [0.15, 0.2) is 48.9 Å². The van der Waals surface area contributed by atoms with Crippen molar-refractivity contribution in [1.29, 1.82) is 0 Å². The van der Waals surface area contributed by atoms with Crippen LogP contribution < -0.4 is 5.32 Å². The number of nitrogens with one attached hydrogen (secondary N) is 2. The molecule has 3 aromatic rings. The Morgan fingerprint density at radius 2 is 1.97 bits per heavy atom. The van der Waals surface area contributed by atoms with Crippen molar-refractivity contribution in [2.45, 2.75) is 37.6 Å². The second kappa shape index (κ2) is 7.94. The Bertz CT molecular complexity index is 1070. The first kappa shape index (κ1) is 19.4. The molecule has 31 heavy (non-hydrogen) atoms. The number of carbonyl (C=O) groups excluding carboxylic acids is 1. The smallest absolute Gasteiger partial charge is 0.246 e. The molecule has 0 bridgehead atoms. The van der Waals surface area contributed by atoms with Gasteiger partial charge in [-0.15, -0.1) is 5.10 Å². The molecule has 1 aliphatic carbocycles. The molecule has 1 aliphatic heterocycles. The number of anilines is 1. The third-order valence-electron chi connectivity index (χ3n) is 6.29. The molecule has 1 atom stereocenters. The van der Waals surface area contributed by atoms with E-state index in [2.05, 4.69) is 61.9 Å². The van der Waals surface area contributed by atoms with Crippen LogP contribution in [0.5, 0.6) is 0 Å². The van der Waals surface area contributed by atoms with Gasteiger partial charge < -0.3 is 10.2 Å². The Morgan fingerprint density at radius 1 is 1.23 bits per heavy atom. The van der Waals surface area contributed by atoms with Gasteiger partial charge in [-0.1, -0.05) is 36.4 Å². The second-order valence-electron chi connectivity index (χ2n) is 8.62. The van der Waals surface area contributed by atoms with Crippen molar-refractivity contribution in [2.24, 2.45) is 0 Å². The van der Waals surface area contributed by atoms with Crippen molar-refractivity contribution in [3.63, 3.8) is 0 Å². The zero-order valence-electron chi connectivity index (χ0n) is 17.5. The quantitative estimate of drug-likeness (QED) is 0.621. The van der Waals surface area contributed by atoms with Gasteiger partial charge in [0.15, 0.2) is 0 Å². The van der Waals surface area contributed by atoms with Crippen LogP contribution in [0.2, 0.25) is 0 Å². The largest absolute Gasteiger partial charge is 0.351 e. The molecule has 2 N–H and O–H groups in total. The second-order valence-corrected chi connectivity index (χ2v) is 8.62. The molecule has 0 saturated carbocycles. The van der Waals surface area contributed by atoms with E-state index in [0.717, 1.165) is 30.5 Å². The molecule has 1 saturated heterocycles. The summed E-state index contributed by atoms with van der Waals surface area (Å²) in [7, 11) is 0. The molecule has 158 valence electrons. The fourth-order valence-corrected chi connectivity index (χ4v) is 4.47. The van der Waals surface area contributed by atoms with Gasteiger partial charge in [0.1, 0.15) is 0 Å². The average Bonchev–Trinajstić information content (AvgIpc) is 3.53. The van der Waals surface area contributed by atoms with E-state index >= 15 is 0 Å². The van der Waals surface area contributed by atoms with E-state index in [-0.39, 0.29) is 11.3 Å². The first-order valence-corrected chi connectivity index (χ1v) is 10.6. The van der Waals surface area contributed by atoms with Crippen molar-refractivity contribution in [3.05, 3.63) is 71.3 Å². The number of benzene rings is 1. The highest BCUT2D eigenvalue weighted by Crippen LogP contribution is 2.32. The molecule has 1 amide bonds. The summed E-state index contributed by atoms with van der Waals surface area (Å²) in [5.41, 5.74) is 4.31. The lowest BCUT2D eigenvalue weighted by atomic mass is 9.86. The molecule has 3 heterocycles. The van der Waals surface area contributed by atoms with Gasteiger partial charge in [-0.05, 0) is 36.5 Å². The van der Waals surface area contributed by atoms with Gasteiger partial charge in [0.25, 0.3) is 0 Å². The molecule has 5 rings (SSSR count). The third-order valence-corrected chi connectivity index (χ3v) is 6.29. The number of hydrogen-bond acceptors (Lipinski definition) is 6. The van der Waals surface area contributed by atoms with Crippen LogP contribution in [0.4, 0.5) is 5.95 Å². The summed E-state index contributed by atoms with van der Waals surface area (Å²) in [5.74, 6) is 0.599. The van der Waals surface area contributed by atoms with E-state index < -0.39 is 0 Å². The maximum Gasteiger partial charge on any atom is 0.246 e. The van der Waals surface area contributed by atoms with Gasteiger partial charge in [0.05, 0.1) is 5.69 Å². The van der Waals surface area contributed by atoms with Gasteiger partial charge in [-0.2, -0.15) is 0 Å². The number of nitrogens with zero attached hydrogens (tertiary/aromatic N) is 5. The molecule has 2 aliphatic rings. The minimum Gasteiger partial charge on any atom is -0.351 e. The van der Waals surface area contributed by atoms with Crippen LogP contribution >= 0.6 is 0 Å². The van der Waals surface area contributed by atoms with E-state index in [4.69, 9.17) is 0 Å². The molecule has 1 fully saturated rings. The number of fused-ring (bicyclic) bond motifs is 1. The highest BCUT2D eigenvalue weighted by molar-refractivity contribution is 5.92. The van der Waals surface area contributed by atoms with Crippen LogP contribution in [-0.2, 0) is 23.1 Å². The van der Waals surface area contributed by atoms with E-state index in [9.17, 15) is 4.79 Å². The highest BCUT2D eigenvalue weighted by Gasteiger charge is 2.38. The predicted octanol–water partition coefficient (Wildman–Crippen LogP) is 2.38. The Morgan fingerprint density at radius 3 is 2.65 bits per heavy atom. The van der Waals surface area contributed by atoms with Gasteiger partial charge in [0.2, 0.25) is 11.9 Å². The van der Waals surface area contributed by atoms with Gasteiger partial charge in [-0.3, -0.25) is 9.89 Å². The van der Waals surface area contributed by atoms with Crippen LogP contribution in [0.1, 0.15) is 35.7 Å². The Hall–Kier alpha value is -3.55. The zero-order valence-corrected chi connectivity index (χ0v) is 17.5. The zero-order chi connectivity index (χ0) is 21.3. The van der Waals surface area contributed by atoms with Crippen molar-refractivity contribution in [1.82, 2.24) is 30.3 Å². The van der Waals surface area contributed by atoms with Crippen molar-refractivity contribution in [3.8, 4) is 0 Å². The molecule has 8 heteroatoms. The van der Waals surface area contributed by atoms with Gasteiger partial charge in [-0.25, -0.2) is 9.97 Å². The molecule has 1 unspecified atom stereocenters. The topological polar surface area (TPSA) is 99.7 Å². The first-order valence-electron chi connectivity index (χ1n) is 10.6. The lowest BCUT2D eigenvalue weighted by Gasteiger charge is -2.21. The summed E-state index contributed by atoms with van der Waals surface area (Å²) >= 11 is 0. The number of carbonyl (C=O) groups is 1. The maximum atomic E-state index is 12.6. The normalized spacial score (nSPS) is 21.0. The summed E-state index contributed by atoms with van der Waals surface area (Å²) in [6.45, 7) is 3.45. The summed E-state index contributed by atoms with van der Waals surface area (Å²) in [5, 5.41) is 14.1. The summed E-state index contributed by atoms with van der Waals surface area (Å²) < 4.78 is 0. The molecule has 2 aromatic heterocycles. The Labute approximate surface area is 180 Å². The van der Waals surface area contributed by atoms with Gasteiger partial charge in [0, 0.05) is 54.8 Å². The molecular weight excluding hydrogens is 390 g/mol. The molecule has 8 nitrogen and oxygen atoms in total. The Balaban J connectivity index is 1.16. The minimum atomic E-state index is -0.160. The average molecular weight is 416 g/mol. The molecule has 0 spiro atoms. The van der Waals surface area contributed by atoms with Crippen LogP contribution in [0.25, 0.3) is 6.08 Å². The van der Waals surface area contributed by atoms with Crippen molar-refractivity contribution in [2.75, 3.05) is 18.4 Å². The predicted molar refractivity (Wildman–Crippen MR) is 117 cm³/mol. The van der Waals surface area contributed by atoms with E-state index in [0.29, 0.717) is 25.1 Å². The summed E-state index contributed by atoms with van der Waals surface area (Å²) in [6.07, 6.45) is 11.5. The molecule has 0 radical (unpaired) electrons.